The van der Waals surface area contributed by atoms with E-state index in [1.165, 1.54) is 120 Å². The molecule has 0 unspecified atom stereocenters. The van der Waals surface area contributed by atoms with Gasteiger partial charge in [-0.1, -0.05) is 139 Å². The van der Waals surface area contributed by atoms with E-state index in [0.29, 0.717) is 0 Å². The minimum Gasteiger partial charge on any atom is -0.870 e. The maximum atomic E-state index is 13.7. The molecule has 0 bridgehead atoms. The fourth-order valence-corrected chi connectivity index (χ4v) is 5.94. The number of amides is 1. The molecule has 4 rings (SSSR count). The zero-order valence-corrected chi connectivity index (χ0v) is 34.5. The third kappa shape index (κ3) is 14.6. The van der Waals surface area contributed by atoms with Gasteiger partial charge in [-0.25, -0.2) is 14.8 Å². The van der Waals surface area contributed by atoms with Crippen molar-refractivity contribution in [3.8, 4) is 5.75 Å². The van der Waals surface area contributed by atoms with Crippen molar-refractivity contribution in [2.45, 2.75) is 103 Å². The van der Waals surface area contributed by atoms with Gasteiger partial charge in [0.25, 0.3) is 5.91 Å². The fraction of sp³-hybridized carbons (Fsp3) is 0.429. The number of methoxy groups -OCH3 is 1. The van der Waals surface area contributed by atoms with Gasteiger partial charge in [0, 0.05) is 5.39 Å². The van der Waals surface area contributed by atoms with E-state index in [4.69, 9.17) is 9.47 Å². The zero-order chi connectivity index (χ0) is 39.5. The SMILES string of the molecule is CCCCCCCCCCCCCCCCOC(=O)c1ccc(OC)c(NC(=O)/C(N=Nc2nc(C(F)(F)F)nc3ccccc23)=C(\[O-])c2ccccc2)c1.[Na+]. The standard InChI is InChI=1S/C42H50F3N5O5.Na/c1-3-4-5-6-7-8-9-10-11-12-13-14-15-21-28-55-40(53)31-26-27-35(54-2)34(29-31)46-39(52)36(37(51)30-22-17-16-18-23-30)49-50-38-32-24-19-20-25-33(32)47-41(48-38)42(43,44)45;/h16-20,22-27,29,51H,3-15,21,28H2,1-2H3,(H,46,52);/q;+1/p-1/b37-36+,50-49?;. The van der Waals surface area contributed by atoms with Gasteiger partial charge >= 0.3 is 41.7 Å². The summed E-state index contributed by atoms with van der Waals surface area (Å²) in [6.07, 6.45) is 12.1. The van der Waals surface area contributed by atoms with Crippen LogP contribution in [0.2, 0.25) is 0 Å². The smallest absolute Gasteiger partial charge is 0.870 e. The molecule has 0 aliphatic heterocycles. The Morgan fingerprint density at radius 1 is 0.768 bits per heavy atom. The number of hydrogen-bond donors (Lipinski definition) is 1. The van der Waals surface area contributed by atoms with Crippen molar-refractivity contribution in [2.75, 3.05) is 19.0 Å². The number of nitrogens with one attached hydrogen (secondary N) is 1. The summed E-state index contributed by atoms with van der Waals surface area (Å²) in [5.74, 6) is -4.31. The fourth-order valence-electron chi connectivity index (χ4n) is 5.94. The van der Waals surface area contributed by atoms with Crippen LogP contribution < -0.4 is 44.7 Å². The Morgan fingerprint density at radius 3 is 1.96 bits per heavy atom. The number of rotatable bonds is 22. The van der Waals surface area contributed by atoms with Crippen molar-refractivity contribution in [2.24, 2.45) is 10.2 Å². The van der Waals surface area contributed by atoms with Gasteiger partial charge in [-0.05, 0) is 42.3 Å². The summed E-state index contributed by atoms with van der Waals surface area (Å²) in [4.78, 5) is 33.7. The second-order valence-corrected chi connectivity index (χ2v) is 13.2. The van der Waals surface area contributed by atoms with E-state index < -0.39 is 41.2 Å². The van der Waals surface area contributed by atoms with Crippen LogP contribution >= 0.6 is 0 Å². The third-order valence-electron chi connectivity index (χ3n) is 8.96. The molecule has 3 aromatic carbocycles. The molecule has 0 saturated heterocycles. The number of hydrogen-bond acceptors (Lipinski definition) is 9. The van der Waals surface area contributed by atoms with E-state index in [2.05, 4.69) is 32.4 Å². The Hall–Kier alpha value is -4.33. The van der Waals surface area contributed by atoms with Crippen LogP contribution in [0, 0.1) is 0 Å². The number of benzene rings is 3. The van der Waals surface area contributed by atoms with E-state index in [0.717, 1.165) is 25.7 Å². The number of halogens is 3. The molecule has 56 heavy (non-hydrogen) atoms. The Kier molecular flexibility index (Phi) is 20.0. The molecule has 0 spiro atoms. The van der Waals surface area contributed by atoms with Crippen LogP contribution in [0.25, 0.3) is 16.7 Å². The molecule has 1 N–H and O–H groups in total. The average Bonchev–Trinajstić information content (AvgIpc) is 3.19. The number of para-hydroxylation sites is 1. The van der Waals surface area contributed by atoms with Crippen molar-refractivity contribution in [1.29, 1.82) is 0 Å². The van der Waals surface area contributed by atoms with Gasteiger partial charge in [0.15, 0.2) is 5.82 Å². The number of carbonyl (C=O) groups is 2. The number of nitrogens with zero attached hydrogens (tertiary/aromatic N) is 4. The second kappa shape index (κ2) is 24.3. The first-order valence-electron chi connectivity index (χ1n) is 19.0. The molecule has 14 heteroatoms. The summed E-state index contributed by atoms with van der Waals surface area (Å²) >= 11 is 0. The Morgan fingerprint density at radius 2 is 1.36 bits per heavy atom. The topological polar surface area (TPSA) is 138 Å². The summed E-state index contributed by atoms with van der Waals surface area (Å²) in [6, 6.07) is 17.8. The summed E-state index contributed by atoms with van der Waals surface area (Å²) in [6.45, 7) is 2.48. The van der Waals surface area contributed by atoms with Gasteiger partial charge in [0.1, 0.15) is 11.4 Å². The van der Waals surface area contributed by atoms with Crippen molar-refractivity contribution < 1.29 is 66.9 Å². The maximum absolute atomic E-state index is 13.7. The van der Waals surface area contributed by atoms with Gasteiger partial charge in [-0.2, -0.15) is 13.2 Å². The number of ether oxygens (including phenoxy) is 2. The molecule has 0 atom stereocenters. The molecule has 1 heterocycles. The number of esters is 1. The number of fused-ring (bicyclic) bond motifs is 1. The van der Waals surface area contributed by atoms with Crippen molar-refractivity contribution in [1.82, 2.24) is 9.97 Å². The summed E-state index contributed by atoms with van der Waals surface area (Å²) < 4.78 is 51.7. The molecule has 10 nitrogen and oxygen atoms in total. The molecule has 0 saturated carbocycles. The number of unbranched alkanes of at least 4 members (excludes halogenated alkanes) is 13. The molecule has 0 aliphatic rings. The first kappa shape index (κ1) is 46.1. The van der Waals surface area contributed by atoms with Crippen LogP contribution in [0.4, 0.5) is 24.7 Å². The minimum atomic E-state index is -4.90. The van der Waals surface area contributed by atoms with Gasteiger partial charge in [-0.3, -0.25) is 4.79 Å². The normalized spacial score (nSPS) is 11.9. The van der Waals surface area contributed by atoms with Crippen molar-refractivity contribution in [3.05, 3.63) is 95.4 Å². The molecular formula is C42H49F3N5NaO5. The Balaban J connectivity index is 0.00000841. The van der Waals surface area contributed by atoms with Gasteiger partial charge in [-0.15, -0.1) is 10.2 Å². The number of azo groups is 1. The number of aromatic nitrogens is 2. The molecule has 294 valence electrons. The third-order valence-corrected chi connectivity index (χ3v) is 8.96. The van der Waals surface area contributed by atoms with Gasteiger partial charge in [0.05, 0.1) is 30.5 Å². The number of alkyl halides is 3. The minimum absolute atomic E-state index is 0. The maximum Gasteiger partial charge on any atom is 1.00 e. The van der Waals surface area contributed by atoms with E-state index in [1.807, 2.05) is 0 Å². The summed E-state index contributed by atoms with van der Waals surface area (Å²) in [7, 11) is 1.36. The molecule has 4 aromatic rings. The largest absolute Gasteiger partial charge is 1.00 e. The van der Waals surface area contributed by atoms with E-state index >= 15 is 0 Å². The summed E-state index contributed by atoms with van der Waals surface area (Å²) in [5.41, 5.74) is -0.583. The molecule has 0 aliphatic carbocycles. The quantitative estimate of drug-likeness (QED) is 0.0215. The molecule has 0 fully saturated rings. The van der Waals surface area contributed by atoms with E-state index in [9.17, 15) is 27.9 Å². The average molecular weight is 784 g/mol. The zero-order valence-electron chi connectivity index (χ0n) is 32.5. The monoisotopic (exact) mass is 783 g/mol. The van der Waals surface area contributed by atoms with Gasteiger partial charge < -0.3 is 19.9 Å². The van der Waals surface area contributed by atoms with Crippen LogP contribution in [-0.2, 0) is 15.7 Å². The summed E-state index contributed by atoms with van der Waals surface area (Å²) in [5, 5.41) is 23.9. The first-order valence-corrected chi connectivity index (χ1v) is 19.0. The van der Waals surface area contributed by atoms with Crippen LogP contribution in [-0.4, -0.2) is 35.6 Å². The van der Waals surface area contributed by atoms with Crippen LogP contribution in [0.1, 0.15) is 119 Å². The Labute approximate surface area is 348 Å². The van der Waals surface area contributed by atoms with Gasteiger partial charge in [0.2, 0.25) is 5.82 Å². The molecule has 1 amide bonds. The predicted molar refractivity (Wildman–Crippen MR) is 205 cm³/mol. The molecular weight excluding hydrogens is 734 g/mol. The van der Waals surface area contributed by atoms with E-state index in [1.54, 1.807) is 24.3 Å². The first-order chi connectivity index (χ1) is 26.6. The second-order valence-electron chi connectivity index (χ2n) is 13.2. The molecule has 0 radical (unpaired) electrons. The molecule has 1 aromatic heterocycles. The van der Waals surface area contributed by atoms with Crippen LogP contribution in [0.5, 0.6) is 5.75 Å². The van der Waals surface area contributed by atoms with E-state index in [-0.39, 0.29) is 69.6 Å². The number of carbonyl (C=O) groups excluding carboxylic acids is 2. The van der Waals surface area contributed by atoms with Crippen molar-refractivity contribution in [3.63, 3.8) is 0 Å². The van der Waals surface area contributed by atoms with Crippen LogP contribution in [0.3, 0.4) is 0 Å². The Bertz CT molecular complexity index is 1910. The van der Waals surface area contributed by atoms with Crippen molar-refractivity contribution >= 4 is 40.0 Å². The predicted octanol–water partition coefficient (Wildman–Crippen LogP) is 7.75. The van der Waals surface area contributed by atoms with Crippen LogP contribution in [0.15, 0.2) is 88.7 Å². The number of anilines is 1.